The molecule has 5 heterocycles. The molecular formula is C107H68N6O30S5. The molecule has 736 valence electrons. The number of nitrogens with zero attached hydrogens (tertiary/aromatic N) is 6. The minimum Gasteiger partial charge on any atom is -0.423 e. The fourth-order valence-corrected chi connectivity index (χ4v) is 17.8. The molecule has 0 saturated heterocycles. The van der Waals surface area contributed by atoms with Gasteiger partial charge in [0.25, 0.3) is 28.4 Å². The molecule has 0 fully saturated rings. The molecule has 20 aromatic rings. The minimum absolute atomic E-state index is 0.118. The molecule has 15 aromatic carbocycles. The minimum atomic E-state index is -0.662. The van der Waals surface area contributed by atoms with E-state index in [0.717, 1.165) is 112 Å². The summed E-state index contributed by atoms with van der Waals surface area (Å²) in [6, 6.07) is 81.6. The second-order valence-electron chi connectivity index (χ2n) is 31.8. The predicted molar refractivity (Wildman–Crippen MR) is 554 cm³/mol. The summed E-state index contributed by atoms with van der Waals surface area (Å²) in [5, 5.41) is 61.1. The van der Waals surface area contributed by atoms with E-state index < -0.39 is 79.2 Å². The first-order chi connectivity index (χ1) is 70.9. The van der Waals surface area contributed by atoms with Gasteiger partial charge in [-0.3, -0.25) is 50.6 Å². The zero-order chi connectivity index (χ0) is 105. The number of nitriles is 1. The Kier molecular flexibility index (Phi) is 31.8. The highest BCUT2D eigenvalue weighted by Crippen LogP contribution is 2.42. The number of nitro groups is 5. The molecule has 0 atom stereocenters. The highest BCUT2D eigenvalue weighted by atomic mass is 32.1. The molecule has 148 heavy (non-hydrogen) atoms. The van der Waals surface area contributed by atoms with Crippen LogP contribution in [-0.2, 0) is 0 Å². The smallest absolute Gasteiger partial charge is 0.396 e. The zero-order valence-corrected chi connectivity index (χ0v) is 81.4. The third-order valence-corrected chi connectivity index (χ3v) is 25.3. The molecule has 41 heteroatoms. The molecule has 0 N–H and O–H groups in total. The van der Waals surface area contributed by atoms with Gasteiger partial charge in [0.05, 0.1) is 82.0 Å². The molecule has 0 aliphatic carbocycles. The summed E-state index contributed by atoms with van der Waals surface area (Å²) >= 11 is 4.59. The Balaban J connectivity index is 0.000000138. The number of esters is 5. The summed E-state index contributed by atoms with van der Waals surface area (Å²) in [5.74, 6) is -2.09. The highest BCUT2D eigenvalue weighted by molar-refractivity contribution is 7.17. The van der Waals surface area contributed by atoms with Crippen LogP contribution in [0.5, 0.6) is 28.7 Å². The van der Waals surface area contributed by atoms with Gasteiger partial charge in [-0.25, -0.2) is 47.9 Å². The van der Waals surface area contributed by atoms with Crippen molar-refractivity contribution in [1.82, 2.24) is 0 Å². The number of hydrogen-bond acceptors (Lipinski definition) is 36. The van der Waals surface area contributed by atoms with Gasteiger partial charge in [0, 0.05) is 126 Å². The van der Waals surface area contributed by atoms with Crippen LogP contribution < -0.4 is 48.4 Å². The molecule has 0 unspecified atom stereocenters. The summed E-state index contributed by atoms with van der Waals surface area (Å²) in [6.45, 7) is 11.3. The number of fused-ring (bicyclic) bond motifs is 5. The number of benzene rings is 15. The van der Waals surface area contributed by atoms with Crippen molar-refractivity contribution < 1.29 is 94.4 Å². The highest BCUT2D eigenvalue weighted by Gasteiger charge is 2.26. The van der Waals surface area contributed by atoms with Gasteiger partial charge in [-0.1, -0.05) is 206 Å². The molecule has 5 aromatic heterocycles. The molecule has 20 rings (SSSR count). The molecule has 0 saturated carbocycles. The lowest BCUT2D eigenvalue weighted by atomic mass is 10.0. The average Bonchev–Trinajstić information content (AvgIpc) is 1.62. The summed E-state index contributed by atoms with van der Waals surface area (Å²) in [4.78, 5) is 170. The van der Waals surface area contributed by atoms with Crippen LogP contribution >= 0.6 is 56.7 Å². The van der Waals surface area contributed by atoms with Crippen LogP contribution in [0, 0.1) is 96.5 Å². The van der Waals surface area contributed by atoms with E-state index in [4.69, 9.17) is 51.0 Å². The van der Waals surface area contributed by atoms with Crippen molar-refractivity contribution in [3.05, 3.63) is 458 Å². The number of carbonyl (C=O) groups is 5. The maximum absolute atomic E-state index is 12.5. The lowest BCUT2D eigenvalue weighted by Gasteiger charge is -2.08. The number of ether oxygens (including phenoxy) is 5. The van der Waals surface area contributed by atoms with E-state index in [1.54, 1.807) is 66.7 Å². The Morgan fingerprint density at radius 2 is 0.378 bits per heavy atom. The molecule has 0 bridgehead atoms. The summed E-state index contributed by atoms with van der Waals surface area (Å²) in [6.07, 6.45) is 0. The van der Waals surface area contributed by atoms with Gasteiger partial charge in [-0.15, -0.1) is 0 Å². The first-order valence-corrected chi connectivity index (χ1v) is 47.4. The van der Waals surface area contributed by atoms with Crippen LogP contribution in [0.4, 0.5) is 28.4 Å². The van der Waals surface area contributed by atoms with Crippen LogP contribution in [0.1, 0.15) is 86.5 Å². The maximum atomic E-state index is 12.5. The van der Waals surface area contributed by atoms with Gasteiger partial charge >= 0.3 is 54.5 Å². The van der Waals surface area contributed by atoms with Crippen LogP contribution in [-0.4, -0.2) is 54.5 Å². The number of rotatable bonds is 20. The maximum Gasteiger partial charge on any atom is 0.396 e. The number of non-ortho nitro benzene ring substituents is 5. The van der Waals surface area contributed by atoms with Gasteiger partial charge < -0.3 is 45.8 Å². The van der Waals surface area contributed by atoms with E-state index in [2.05, 4.69) is 0 Å². The third kappa shape index (κ3) is 25.4. The van der Waals surface area contributed by atoms with E-state index in [1.165, 1.54) is 128 Å². The molecular weight excluding hydrogens is 2010 g/mol. The molecule has 0 aliphatic heterocycles. The van der Waals surface area contributed by atoms with Crippen molar-refractivity contribution in [2.75, 3.05) is 0 Å². The molecule has 0 radical (unpaired) electrons. The average molecular weight is 2080 g/mol. The largest absolute Gasteiger partial charge is 0.423 e. The third-order valence-electron chi connectivity index (χ3n) is 21.5. The van der Waals surface area contributed by atoms with Crippen LogP contribution in [0.2, 0.25) is 0 Å². The SMILES string of the molecule is CC#N.Cc1ccc(-c2cc(OC(=O)c3ccc([N+](=O)[O-])cc3)cc3sc(=O)oc23)cc1.Cc1ccc(-c2cc(OC(=O)c3ccc([N+](=O)[O-])cc3)cc3sc(=O)oc23)cc1.Cc1ccc(-c2cc(OC(=O)c3ccc([N+](=O)[O-])cc3)cc3sc(=O)oc23)cc1.Cc1ccc(-c2cc(OC(=O)c3ccc([N+](=O)[O-])cc3)cc3sc(=O)oc23)cc1.Cc1ccc(-c2cc(OC(=O)c3ccc([N+](=O)[O-])cc3)cc3sc(=O)oc23)cc1. The molecule has 0 amide bonds. The quantitative estimate of drug-likeness (QED) is 0.0296. The first-order valence-electron chi connectivity index (χ1n) is 43.3. The van der Waals surface area contributed by atoms with Gasteiger partial charge in [-0.2, -0.15) is 5.26 Å². The summed E-state index contributed by atoms with van der Waals surface area (Å²) < 4.78 is 56.7. The van der Waals surface area contributed by atoms with Crippen molar-refractivity contribution >= 4 is 166 Å². The first kappa shape index (κ1) is 103. The number of carbonyl (C=O) groups excluding carboxylic acids is 5. The van der Waals surface area contributed by atoms with Gasteiger partial charge in [0.2, 0.25) is 0 Å². The lowest BCUT2D eigenvalue weighted by molar-refractivity contribution is -0.385. The number of nitro benzene ring substituents is 5. The van der Waals surface area contributed by atoms with E-state index in [-0.39, 0.29) is 85.0 Å². The van der Waals surface area contributed by atoms with Crippen molar-refractivity contribution in [2.24, 2.45) is 0 Å². The van der Waals surface area contributed by atoms with Crippen molar-refractivity contribution in [3.8, 4) is 90.5 Å². The predicted octanol–water partition coefficient (Wildman–Crippen LogP) is 25.3. The molecule has 0 aliphatic rings. The molecule has 36 nitrogen and oxygen atoms in total. The molecule has 0 spiro atoms. The van der Waals surface area contributed by atoms with Gasteiger partial charge in [0.1, 0.15) is 28.7 Å². The van der Waals surface area contributed by atoms with E-state index in [0.29, 0.717) is 79.2 Å². The Bertz CT molecular complexity index is 7740. The van der Waals surface area contributed by atoms with Gasteiger partial charge in [-0.05, 0) is 153 Å². The Hall–Kier alpha value is -19.4. The fraction of sp³-hybridized carbons (Fsp3) is 0.0561. The fourth-order valence-electron chi connectivity index (χ4n) is 14.2. The summed E-state index contributed by atoms with van der Waals surface area (Å²) in [7, 11) is 0. The van der Waals surface area contributed by atoms with Crippen molar-refractivity contribution in [2.45, 2.75) is 41.5 Å². The number of hydrogen-bond donors (Lipinski definition) is 0. The van der Waals surface area contributed by atoms with Crippen LogP contribution in [0.15, 0.2) is 349 Å². The van der Waals surface area contributed by atoms with Gasteiger partial charge in [0.15, 0.2) is 27.9 Å². The standard InChI is InChI=1S/5C21H13NO6S.C2H3N/c5*1-12-2-4-13(5-3-12)17-10-16(11-18-19(17)28-21(24)29-18)27-20(23)14-6-8-15(9-7-14)22(25)26;1-2-3/h5*2-11H,1H3;1H3. The normalized spacial score (nSPS) is 10.6. The van der Waals surface area contributed by atoms with E-state index >= 15 is 0 Å². The Labute approximate surface area is 850 Å². The van der Waals surface area contributed by atoms with E-state index in [1.807, 2.05) is 156 Å². The van der Waals surface area contributed by atoms with E-state index in [9.17, 15) is 98.5 Å². The second-order valence-corrected chi connectivity index (χ2v) is 36.7. The zero-order valence-electron chi connectivity index (χ0n) is 77.3. The Morgan fingerprint density at radius 3 is 0.507 bits per heavy atom. The second kappa shape index (κ2) is 45.7. The monoisotopic (exact) mass is 2080 g/mol. The van der Waals surface area contributed by atoms with Crippen LogP contribution in [0.25, 0.3) is 107 Å². The van der Waals surface area contributed by atoms with Crippen LogP contribution in [0.3, 0.4) is 0 Å². The lowest BCUT2D eigenvalue weighted by Crippen LogP contribution is -2.08. The number of aryl methyl sites for hydroxylation is 5. The van der Waals surface area contributed by atoms with Crippen molar-refractivity contribution in [3.63, 3.8) is 0 Å². The Morgan fingerprint density at radius 1 is 0.243 bits per heavy atom. The topological polar surface area (TPSA) is 522 Å². The van der Waals surface area contributed by atoms with Crippen molar-refractivity contribution in [1.29, 1.82) is 5.26 Å². The summed E-state index contributed by atoms with van der Waals surface area (Å²) in [5.41, 5.74) is 15.1.